The fraction of sp³-hybridized carbons (Fsp3) is 0.533. The van der Waals surface area contributed by atoms with Crippen LogP contribution in [0.1, 0.15) is 51.6 Å². The van der Waals surface area contributed by atoms with Crippen LogP contribution in [0, 0.1) is 0 Å². The molecule has 0 bridgehead atoms. The summed E-state index contributed by atoms with van der Waals surface area (Å²) in [5.74, 6) is -0.762. The topological polar surface area (TPSA) is 49.3 Å². The monoisotopic (exact) mass is 249 g/mol. The Balaban J connectivity index is 2.94. The van der Waals surface area contributed by atoms with Gasteiger partial charge in [-0.1, -0.05) is 51.1 Å². The molecule has 0 fully saturated rings. The summed E-state index contributed by atoms with van der Waals surface area (Å²) in [5.41, 5.74) is 0.323. The number of aliphatic carboxylic acids is 1. The highest BCUT2D eigenvalue weighted by Gasteiger charge is 2.36. The zero-order valence-corrected chi connectivity index (χ0v) is 11.4. The fourth-order valence-electron chi connectivity index (χ4n) is 2.26. The van der Waals surface area contributed by atoms with Crippen molar-refractivity contribution in [2.24, 2.45) is 0 Å². The van der Waals surface area contributed by atoms with Gasteiger partial charge < -0.3 is 5.11 Å². The van der Waals surface area contributed by atoms with Gasteiger partial charge in [-0.25, -0.2) is 0 Å². The normalized spacial score (nSPS) is 13.3. The Labute approximate surface area is 109 Å². The van der Waals surface area contributed by atoms with Crippen molar-refractivity contribution in [2.45, 2.75) is 51.6 Å². The average molecular weight is 249 g/mol. The number of carboxylic acid groups (broad SMARTS) is 1. The number of hydrogen-bond acceptors (Lipinski definition) is 2. The quantitative estimate of drug-likeness (QED) is 0.779. The van der Waals surface area contributed by atoms with E-state index < -0.39 is 11.5 Å². The van der Waals surface area contributed by atoms with Gasteiger partial charge >= 0.3 is 5.97 Å². The van der Waals surface area contributed by atoms with Crippen LogP contribution >= 0.6 is 0 Å². The van der Waals surface area contributed by atoms with Crippen molar-refractivity contribution < 1.29 is 9.90 Å². The summed E-state index contributed by atoms with van der Waals surface area (Å²) in [5, 5.41) is 12.8. The molecule has 1 aromatic carbocycles. The molecule has 0 aromatic heterocycles. The Morgan fingerprint density at radius 2 is 1.78 bits per heavy atom. The minimum absolute atomic E-state index is 0.0854. The van der Waals surface area contributed by atoms with Gasteiger partial charge in [0.25, 0.3) is 0 Å². The molecule has 100 valence electrons. The molecule has 0 radical (unpaired) electrons. The molecule has 2 N–H and O–H groups in total. The lowest BCUT2D eigenvalue weighted by molar-refractivity contribution is -0.145. The van der Waals surface area contributed by atoms with Crippen LogP contribution in [-0.2, 0) is 4.79 Å². The molecule has 3 heteroatoms. The van der Waals surface area contributed by atoms with Crippen molar-refractivity contribution in [3.63, 3.8) is 0 Å². The second-order valence-corrected chi connectivity index (χ2v) is 4.61. The number of benzene rings is 1. The first kappa shape index (κ1) is 14.7. The van der Waals surface area contributed by atoms with Crippen LogP contribution in [0.15, 0.2) is 30.3 Å². The summed E-state index contributed by atoms with van der Waals surface area (Å²) in [4.78, 5) is 11.5. The van der Waals surface area contributed by atoms with Crippen molar-refractivity contribution in [1.82, 2.24) is 5.32 Å². The molecule has 0 aliphatic heterocycles. The summed E-state index contributed by atoms with van der Waals surface area (Å²) >= 11 is 0. The lowest BCUT2D eigenvalue weighted by atomic mass is 9.90. The standard InChI is InChI=1S/C15H23NO2/c1-4-13(12-10-8-7-9-11-12)16-15(5-2,6-3)14(17)18/h7-11,13,16H,4-6H2,1-3H3,(H,17,18). The first-order valence-corrected chi connectivity index (χ1v) is 6.65. The van der Waals surface area contributed by atoms with E-state index in [4.69, 9.17) is 0 Å². The van der Waals surface area contributed by atoms with Gasteiger partial charge in [0.1, 0.15) is 5.54 Å². The fourth-order valence-corrected chi connectivity index (χ4v) is 2.26. The molecule has 1 unspecified atom stereocenters. The van der Waals surface area contributed by atoms with Crippen LogP contribution < -0.4 is 5.32 Å². The molecular formula is C15H23NO2. The highest BCUT2D eigenvalue weighted by molar-refractivity contribution is 5.78. The van der Waals surface area contributed by atoms with Crippen molar-refractivity contribution in [3.05, 3.63) is 35.9 Å². The molecule has 1 aromatic rings. The second kappa shape index (κ2) is 6.55. The maximum atomic E-state index is 11.5. The van der Waals surface area contributed by atoms with Gasteiger partial charge in [0.05, 0.1) is 0 Å². The van der Waals surface area contributed by atoms with Crippen molar-refractivity contribution >= 4 is 5.97 Å². The summed E-state index contributed by atoms with van der Waals surface area (Å²) < 4.78 is 0. The molecule has 0 aliphatic rings. The van der Waals surface area contributed by atoms with E-state index in [0.29, 0.717) is 12.8 Å². The van der Waals surface area contributed by atoms with Crippen molar-refractivity contribution in [2.75, 3.05) is 0 Å². The van der Waals surface area contributed by atoms with E-state index in [1.807, 2.05) is 44.2 Å². The smallest absolute Gasteiger partial charge is 0.323 e. The minimum atomic E-state index is -0.823. The van der Waals surface area contributed by atoms with Gasteiger partial charge in [-0.15, -0.1) is 0 Å². The predicted molar refractivity (Wildman–Crippen MR) is 73.6 cm³/mol. The minimum Gasteiger partial charge on any atom is -0.480 e. The van der Waals surface area contributed by atoms with E-state index >= 15 is 0 Å². The number of rotatable bonds is 7. The SMILES string of the molecule is CCC(NC(CC)(CC)C(=O)O)c1ccccc1. The zero-order chi connectivity index (χ0) is 13.6. The zero-order valence-electron chi connectivity index (χ0n) is 11.4. The molecule has 0 saturated heterocycles. The van der Waals surface area contributed by atoms with Crippen molar-refractivity contribution in [3.8, 4) is 0 Å². The number of hydrogen-bond donors (Lipinski definition) is 2. The molecule has 0 spiro atoms. The molecular weight excluding hydrogens is 226 g/mol. The van der Waals surface area contributed by atoms with E-state index in [1.54, 1.807) is 0 Å². The second-order valence-electron chi connectivity index (χ2n) is 4.61. The summed E-state index contributed by atoms with van der Waals surface area (Å²) in [6.07, 6.45) is 2.05. The third-order valence-electron chi connectivity index (χ3n) is 3.68. The molecule has 0 heterocycles. The average Bonchev–Trinajstić information content (AvgIpc) is 2.41. The molecule has 18 heavy (non-hydrogen) atoms. The van der Waals surface area contributed by atoms with Gasteiger partial charge in [-0.05, 0) is 24.8 Å². The number of nitrogens with one attached hydrogen (secondary N) is 1. The Morgan fingerprint density at radius 1 is 1.22 bits per heavy atom. The Morgan fingerprint density at radius 3 is 2.17 bits per heavy atom. The lowest BCUT2D eigenvalue weighted by Crippen LogP contribution is -2.52. The summed E-state index contributed by atoms with van der Waals surface area (Å²) in [6.45, 7) is 5.91. The Hall–Kier alpha value is -1.35. The van der Waals surface area contributed by atoms with Crippen LogP contribution in [0.5, 0.6) is 0 Å². The molecule has 1 atom stereocenters. The maximum Gasteiger partial charge on any atom is 0.323 e. The Bertz CT molecular complexity index is 371. The molecule has 1 rings (SSSR count). The molecule has 0 saturated carbocycles. The van der Waals surface area contributed by atoms with Crippen LogP contribution in [0.25, 0.3) is 0 Å². The molecule has 0 aliphatic carbocycles. The largest absolute Gasteiger partial charge is 0.480 e. The van der Waals surface area contributed by atoms with E-state index in [-0.39, 0.29) is 6.04 Å². The predicted octanol–water partition coefficient (Wildman–Crippen LogP) is 3.37. The lowest BCUT2D eigenvalue weighted by Gasteiger charge is -2.33. The van der Waals surface area contributed by atoms with Crippen LogP contribution in [0.3, 0.4) is 0 Å². The van der Waals surface area contributed by atoms with Crippen LogP contribution in [0.4, 0.5) is 0 Å². The highest BCUT2D eigenvalue weighted by Crippen LogP contribution is 2.24. The van der Waals surface area contributed by atoms with Gasteiger partial charge in [0, 0.05) is 6.04 Å². The van der Waals surface area contributed by atoms with E-state index in [0.717, 1.165) is 12.0 Å². The maximum absolute atomic E-state index is 11.5. The third-order valence-corrected chi connectivity index (χ3v) is 3.68. The number of carboxylic acids is 1. The first-order valence-electron chi connectivity index (χ1n) is 6.65. The summed E-state index contributed by atoms with van der Waals surface area (Å²) in [6, 6.07) is 10.1. The molecule has 0 amide bonds. The first-order chi connectivity index (χ1) is 8.59. The van der Waals surface area contributed by atoms with Gasteiger partial charge in [0.15, 0.2) is 0 Å². The van der Waals surface area contributed by atoms with E-state index in [2.05, 4.69) is 12.2 Å². The van der Waals surface area contributed by atoms with Crippen LogP contribution in [0.2, 0.25) is 0 Å². The molecule has 3 nitrogen and oxygen atoms in total. The van der Waals surface area contributed by atoms with Crippen molar-refractivity contribution in [1.29, 1.82) is 0 Å². The third kappa shape index (κ3) is 3.10. The van der Waals surface area contributed by atoms with Gasteiger partial charge in [-0.3, -0.25) is 10.1 Å². The van der Waals surface area contributed by atoms with Gasteiger partial charge in [0.2, 0.25) is 0 Å². The van der Waals surface area contributed by atoms with Gasteiger partial charge in [-0.2, -0.15) is 0 Å². The van der Waals surface area contributed by atoms with Crippen LogP contribution in [-0.4, -0.2) is 16.6 Å². The highest BCUT2D eigenvalue weighted by atomic mass is 16.4. The van der Waals surface area contributed by atoms with E-state index in [9.17, 15) is 9.90 Å². The number of carbonyl (C=O) groups is 1. The Kier molecular flexibility index (Phi) is 5.35. The summed E-state index contributed by atoms with van der Waals surface area (Å²) in [7, 11) is 0. The van der Waals surface area contributed by atoms with E-state index in [1.165, 1.54) is 0 Å².